The Morgan fingerprint density at radius 2 is 1.89 bits per heavy atom. The Bertz CT molecular complexity index is 882. The molecule has 0 aliphatic carbocycles. The third-order valence-electron chi connectivity index (χ3n) is 4.93. The lowest BCUT2D eigenvalue weighted by atomic mass is 10.0. The molecule has 1 heterocycles. The van der Waals surface area contributed by atoms with Gasteiger partial charge in [-0.3, -0.25) is 9.59 Å². The number of nitrogens with zero attached hydrogens (tertiary/aromatic N) is 1. The molecular weight excluding hydrogens is 374 g/mol. The van der Waals surface area contributed by atoms with E-state index in [1.165, 1.54) is 0 Å². The fourth-order valence-electron chi connectivity index (χ4n) is 3.39. The van der Waals surface area contributed by atoms with Crippen molar-refractivity contribution in [1.29, 1.82) is 0 Å². The number of hydrogen-bond donors (Lipinski definition) is 2. The van der Waals surface area contributed by atoms with Crippen LogP contribution in [0.5, 0.6) is 0 Å². The van der Waals surface area contributed by atoms with Crippen LogP contribution in [0.3, 0.4) is 0 Å². The summed E-state index contributed by atoms with van der Waals surface area (Å²) in [6.07, 6.45) is 1.41. The highest BCUT2D eigenvalue weighted by Gasteiger charge is 2.24. The van der Waals surface area contributed by atoms with Crippen LogP contribution in [0, 0.1) is 0 Å². The van der Waals surface area contributed by atoms with Gasteiger partial charge in [-0.25, -0.2) is 0 Å². The van der Waals surface area contributed by atoms with Crippen LogP contribution in [-0.2, 0) is 9.59 Å². The van der Waals surface area contributed by atoms with Crippen molar-refractivity contribution in [3.63, 3.8) is 0 Å². The Morgan fingerprint density at radius 1 is 1.14 bits per heavy atom. The first-order chi connectivity index (χ1) is 13.4. The molecule has 0 bridgehead atoms. The molecule has 0 saturated carbocycles. The molecule has 6 heteroatoms. The molecule has 0 aromatic heterocycles. The maximum atomic E-state index is 12.6. The number of para-hydroxylation sites is 1. The van der Waals surface area contributed by atoms with Crippen LogP contribution in [0.15, 0.2) is 42.5 Å². The van der Waals surface area contributed by atoms with Gasteiger partial charge in [-0.15, -0.1) is 0 Å². The molecule has 1 atom stereocenters. The number of carbonyl (C=O) groups is 2. The van der Waals surface area contributed by atoms with Crippen molar-refractivity contribution in [3.05, 3.63) is 53.1 Å². The molecule has 2 aromatic rings. The summed E-state index contributed by atoms with van der Waals surface area (Å²) in [5.41, 5.74) is 3.39. The molecule has 5 nitrogen and oxygen atoms in total. The summed E-state index contributed by atoms with van der Waals surface area (Å²) >= 11 is 6.39. The predicted octanol–water partition coefficient (Wildman–Crippen LogP) is 5.03. The van der Waals surface area contributed by atoms with E-state index in [0.717, 1.165) is 29.0 Å². The quantitative estimate of drug-likeness (QED) is 0.716. The number of nitrogens with one attached hydrogen (secondary N) is 2. The summed E-state index contributed by atoms with van der Waals surface area (Å²) in [4.78, 5) is 26.3. The summed E-state index contributed by atoms with van der Waals surface area (Å²) in [6, 6.07) is 12.8. The van der Waals surface area contributed by atoms with E-state index in [0.29, 0.717) is 23.9 Å². The molecule has 0 spiro atoms. The maximum absolute atomic E-state index is 12.6. The van der Waals surface area contributed by atoms with E-state index in [-0.39, 0.29) is 11.8 Å². The SMILES string of the molecule is CC(Nc1ccc(N2CCCC2=O)c(Cl)c1)C(=O)Nc1ccccc1C(C)C. The molecule has 1 saturated heterocycles. The van der Waals surface area contributed by atoms with Gasteiger partial charge in [-0.1, -0.05) is 43.6 Å². The molecule has 0 radical (unpaired) electrons. The van der Waals surface area contributed by atoms with Gasteiger partial charge in [0.2, 0.25) is 11.8 Å². The van der Waals surface area contributed by atoms with E-state index in [1.54, 1.807) is 17.9 Å². The molecule has 1 unspecified atom stereocenters. The number of carbonyl (C=O) groups excluding carboxylic acids is 2. The molecule has 1 aliphatic rings. The fourth-order valence-corrected chi connectivity index (χ4v) is 3.67. The van der Waals surface area contributed by atoms with Crippen molar-refractivity contribution in [3.8, 4) is 0 Å². The van der Waals surface area contributed by atoms with Gasteiger partial charge >= 0.3 is 0 Å². The topological polar surface area (TPSA) is 61.4 Å². The van der Waals surface area contributed by atoms with Crippen molar-refractivity contribution >= 4 is 40.5 Å². The second-order valence-corrected chi connectivity index (χ2v) is 7.82. The number of halogens is 1. The second kappa shape index (κ2) is 8.65. The average molecular weight is 400 g/mol. The Kier molecular flexibility index (Phi) is 6.25. The van der Waals surface area contributed by atoms with E-state index < -0.39 is 6.04 Å². The van der Waals surface area contributed by atoms with Crippen LogP contribution in [0.1, 0.15) is 45.1 Å². The lowest BCUT2D eigenvalue weighted by molar-refractivity contribution is -0.117. The van der Waals surface area contributed by atoms with Gasteiger partial charge in [0.1, 0.15) is 6.04 Å². The van der Waals surface area contributed by atoms with Gasteiger partial charge in [0, 0.05) is 24.3 Å². The van der Waals surface area contributed by atoms with Gasteiger partial charge in [0.25, 0.3) is 0 Å². The number of anilines is 3. The fraction of sp³-hybridized carbons (Fsp3) is 0.364. The monoisotopic (exact) mass is 399 g/mol. The summed E-state index contributed by atoms with van der Waals surface area (Å²) in [7, 11) is 0. The van der Waals surface area contributed by atoms with E-state index in [4.69, 9.17) is 11.6 Å². The van der Waals surface area contributed by atoms with Gasteiger partial charge in [0.05, 0.1) is 10.7 Å². The molecule has 3 rings (SSSR count). The zero-order valence-corrected chi connectivity index (χ0v) is 17.2. The van der Waals surface area contributed by atoms with Crippen LogP contribution < -0.4 is 15.5 Å². The van der Waals surface area contributed by atoms with Gasteiger partial charge in [0.15, 0.2) is 0 Å². The Balaban J connectivity index is 1.67. The van der Waals surface area contributed by atoms with Crippen molar-refractivity contribution in [2.45, 2.75) is 45.6 Å². The van der Waals surface area contributed by atoms with E-state index in [9.17, 15) is 9.59 Å². The summed E-state index contributed by atoms with van der Waals surface area (Å²) in [5, 5.41) is 6.68. The van der Waals surface area contributed by atoms with E-state index >= 15 is 0 Å². The predicted molar refractivity (Wildman–Crippen MR) is 115 cm³/mol. The van der Waals surface area contributed by atoms with Crippen molar-refractivity contribution in [2.75, 3.05) is 22.1 Å². The first kappa shape index (κ1) is 20.2. The van der Waals surface area contributed by atoms with E-state index in [2.05, 4.69) is 24.5 Å². The number of amides is 2. The minimum atomic E-state index is -0.449. The highest BCUT2D eigenvalue weighted by molar-refractivity contribution is 6.34. The lowest BCUT2D eigenvalue weighted by Gasteiger charge is -2.20. The van der Waals surface area contributed by atoms with Crippen LogP contribution >= 0.6 is 11.6 Å². The largest absolute Gasteiger partial charge is 0.374 e. The molecule has 148 valence electrons. The van der Waals surface area contributed by atoms with Crippen molar-refractivity contribution in [2.24, 2.45) is 0 Å². The number of hydrogen-bond acceptors (Lipinski definition) is 3. The van der Waals surface area contributed by atoms with Gasteiger partial charge in [-0.2, -0.15) is 0 Å². The van der Waals surface area contributed by atoms with Crippen LogP contribution in [-0.4, -0.2) is 24.4 Å². The standard InChI is InChI=1S/C22H26ClN3O2/c1-14(2)17-7-4-5-8-19(17)25-22(28)15(3)24-16-10-11-20(18(23)13-16)26-12-6-9-21(26)27/h4-5,7-8,10-11,13-15,24H,6,9,12H2,1-3H3,(H,25,28). The summed E-state index contributed by atoms with van der Waals surface area (Å²) < 4.78 is 0. The van der Waals surface area contributed by atoms with E-state index in [1.807, 2.05) is 36.4 Å². The normalized spacial score (nSPS) is 15.0. The highest BCUT2D eigenvalue weighted by Crippen LogP contribution is 2.32. The first-order valence-electron chi connectivity index (χ1n) is 9.63. The summed E-state index contributed by atoms with van der Waals surface area (Å²) in [6.45, 7) is 6.70. The number of rotatable bonds is 6. The summed E-state index contributed by atoms with van der Waals surface area (Å²) in [5.74, 6) is 0.293. The minimum absolute atomic E-state index is 0.0965. The average Bonchev–Trinajstić information content (AvgIpc) is 3.07. The molecule has 1 fully saturated rings. The van der Waals surface area contributed by atoms with Crippen molar-refractivity contribution in [1.82, 2.24) is 0 Å². The molecule has 2 amide bonds. The Labute approximate surface area is 171 Å². The third kappa shape index (κ3) is 4.47. The first-order valence-corrected chi connectivity index (χ1v) is 10.0. The third-order valence-corrected chi connectivity index (χ3v) is 5.23. The molecular formula is C22H26ClN3O2. The van der Waals surface area contributed by atoms with Crippen LogP contribution in [0.4, 0.5) is 17.1 Å². The molecule has 2 N–H and O–H groups in total. The van der Waals surface area contributed by atoms with Gasteiger partial charge in [-0.05, 0) is 49.1 Å². The van der Waals surface area contributed by atoms with Crippen LogP contribution in [0.25, 0.3) is 0 Å². The Hall–Kier alpha value is -2.53. The second-order valence-electron chi connectivity index (χ2n) is 7.41. The van der Waals surface area contributed by atoms with Crippen molar-refractivity contribution < 1.29 is 9.59 Å². The zero-order chi connectivity index (χ0) is 20.3. The molecule has 2 aromatic carbocycles. The highest BCUT2D eigenvalue weighted by atomic mass is 35.5. The minimum Gasteiger partial charge on any atom is -0.374 e. The smallest absolute Gasteiger partial charge is 0.246 e. The van der Waals surface area contributed by atoms with Crippen LogP contribution in [0.2, 0.25) is 5.02 Å². The van der Waals surface area contributed by atoms with Gasteiger partial charge < -0.3 is 15.5 Å². The molecule has 1 aliphatic heterocycles. The molecule has 28 heavy (non-hydrogen) atoms. The zero-order valence-electron chi connectivity index (χ0n) is 16.5. The maximum Gasteiger partial charge on any atom is 0.246 e. The Morgan fingerprint density at radius 3 is 2.54 bits per heavy atom. The lowest BCUT2D eigenvalue weighted by Crippen LogP contribution is -2.32. The number of benzene rings is 2.